The second kappa shape index (κ2) is 8.01. The van der Waals surface area contributed by atoms with Crippen molar-refractivity contribution in [2.45, 2.75) is 10.9 Å². The van der Waals surface area contributed by atoms with Gasteiger partial charge in [0, 0.05) is 16.1 Å². The predicted molar refractivity (Wildman–Crippen MR) is 113 cm³/mol. The molecule has 1 atom stereocenters. The number of benzene rings is 3. The minimum Gasteiger partial charge on any atom is -0.292 e. The number of Topliss-reactive ketones (excluding diaryl/α,β-unsaturated/α-hetero) is 1. The van der Waals surface area contributed by atoms with E-state index in [9.17, 15) is 17.6 Å². The van der Waals surface area contributed by atoms with Crippen LogP contribution in [0.25, 0.3) is 0 Å². The zero-order valence-electron chi connectivity index (χ0n) is 15.6. The molecule has 8 heteroatoms. The molecule has 0 saturated heterocycles. The molecule has 152 valence electrons. The molecule has 0 bridgehead atoms. The van der Waals surface area contributed by atoms with Crippen molar-refractivity contribution in [2.24, 2.45) is 4.99 Å². The van der Waals surface area contributed by atoms with Crippen molar-refractivity contribution in [3.63, 3.8) is 0 Å². The molecule has 0 N–H and O–H groups in total. The first-order valence-electron chi connectivity index (χ1n) is 9.07. The van der Waals surface area contributed by atoms with Gasteiger partial charge in [0.25, 0.3) is 10.0 Å². The third-order valence-electron chi connectivity index (χ3n) is 4.72. The lowest BCUT2D eigenvalue weighted by Crippen LogP contribution is -2.37. The van der Waals surface area contributed by atoms with Crippen LogP contribution in [-0.2, 0) is 10.0 Å². The number of ketones is 1. The number of halogens is 2. The number of nitrogens with zero attached hydrogens (tertiary/aromatic N) is 2. The van der Waals surface area contributed by atoms with Crippen LogP contribution in [0.1, 0.15) is 15.9 Å². The van der Waals surface area contributed by atoms with E-state index in [2.05, 4.69) is 4.99 Å². The zero-order chi connectivity index (χ0) is 21.3. The van der Waals surface area contributed by atoms with Crippen LogP contribution in [0.15, 0.2) is 88.8 Å². The Morgan fingerprint density at radius 2 is 1.60 bits per heavy atom. The van der Waals surface area contributed by atoms with E-state index in [1.807, 2.05) is 0 Å². The smallest absolute Gasteiger partial charge is 0.265 e. The van der Waals surface area contributed by atoms with E-state index in [0.717, 1.165) is 4.31 Å². The number of rotatable bonds is 5. The fourth-order valence-corrected chi connectivity index (χ4v) is 4.79. The zero-order valence-corrected chi connectivity index (χ0v) is 17.1. The van der Waals surface area contributed by atoms with Gasteiger partial charge in [0.15, 0.2) is 5.78 Å². The average Bonchev–Trinajstić information content (AvgIpc) is 3.21. The maximum Gasteiger partial charge on any atom is 0.265 e. The lowest BCUT2D eigenvalue weighted by Gasteiger charge is -2.21. The van der Waals surface area contributed by atoms with Crippen molar-refractivity contribution >= 4 is 33.2 Å². The molecule has 1 aliphatic heterocycles. The Morgan fingerprint density at radius 1 is 0.967 bits per heavy atom. The predicted octanol–water partition coefficient (Wildman–Crippen LogP) is 4.18. The third kappa shape index (κ3) is 3.86. The quantitative estimate of drug-likeness (QED) is 0.557. The summed E-state index contributed by atoms with van der Waals surface area (Å²) in [7, 11) is -3.94. The van der Waals surface area contributed by atoms with Gasteiger partial charge in [-0.2, -0.15) is 0 Å². The van der Waals surface area contributed by atoms with Crippen LogP contribution >= 0.6 is 11.6 Å². The largest absolute Gasteiger partial charge is 0.292 e. The molecule has 1 unspecified atom stereocenters. The number of carbonyl (C=O) groups excluding carboxylic acids is 1. The third-order valence-corrected chi connectivity index (χ3v) is 6.74. The summed E-state index contributed by atoms with van der Waals surface area (Å²) < 4.78 is 40.9. The van der Waals surface area contributed by atoms with Gasteiger partial charge in [-0.1, -0.05) is 29.8 Å². The molecular weight excluding hydrogens is 427 g/mol. The Balaban J connectivity index is 1.76. The van der Waals surface area contributed by atoms with Gasteiger partial charge in [-0.3, -0.25) is 9.79 Å². The van der Waals surface area contributed by atoms with E-state index < -0.39 is 21.9 Å². The molecule has 0 amide bonds. The molecule has 3 aromatic carbocycles. The molecule has 5 nitrogen and oxygen atoms in total. The Kier molecular flexibility index (Phi) is 5.40. The van der Waals surface area contributed by atoms with Crippen molar-refractivity contribution < 1.29 is 17.6 Å². The van der Waals surface area contributed by atoms with Crippen LogP contribution in [-0.4, -0.2) is 36.9 Å². The number of aliphatic imine (C=N–C) groups is 1. The Labute approximate surface area is 178 Å². The van der Waals surface area contributed by atoms with Crippen molar-refractivity contribution in [3.8, 4) is 0 Å². The van der Waals surface area contributed by atoms with Gasteiger partial charge in [-0.15, -0.1) is 0 Å². The molecule has 0 fully saturated rings. The topological polar surface area (TPSA) is 66.8 Å². The van der Waals surface area contributed by atoms with Crippen LogP contribution in [0.4, 0.5) is 4.39 Å². The molecule has 0 aromatic heterocycles. The Hall–Kier alpha value is -3.03. The fourth-order valence-electron chi connectivity index (χ4n) is 3.19. The van der Waals surface area contributed by atoms with Crippen molar-refractivity contribution in [1.82, 2.24) is 4.31 Å². The standard InChI is InChI=1S/C22H16ClFN2O3S/c23-17-10-6-16(7-11-17)22-25-20(21(27)15-8-12-18(24)13-9-15)14-26(22)30(28,29)19-4-2-1-3-5-19/h1-13,20H,14H2. The number of carbonyl (C=O) groups is 1. The maximum absolute atomic E-state index is 13.3. The van der Waals surface area contributed by atoms with Crippen LogP contribution in [0.2, 0.25) is 5.02 Å². The van der Waals surface area contributed by atoms with E-state index in [0.29, 0.717) is 10.6 Å². The van der Waals surface area contributed by atoms with Gasteiger partial charge in [-0.05, 0) is 60.7 Å². The highest BCUT2D eigenvalue weighted by Gasteiger charge is 2.38. The molecule has 0 saturated carbocycles. The summed E-state index contributed by atoms with van der Waals surface area (Å²) in [6, 6.07) is 18.7. The molecule has 1 heterocycles. The number of amidine groups is 1. The van der Waals surface area contributed by atoms with Crippen molar-refractivity contribution in [2.75, 3.05) is 6.54 Å². The minimum absolute atomic E-state index is 0.0987. The first-order chi connectivity index (χ1) is 14.4. The normalized spacial score (nSPS) is 16.4. The van der Waals surface area contributed by atoms with E-state index in [4.69, 9.17) is 11.6 Å². The highest BCUT2D eigenvalue weighted by molar-refractivity contribution is 7.89. The van der Waals surface area contributed by atoms with Crippen LogP contribution in [0.3, 0.4) is 0 Å². The van der Waals surface area contributed by atoms with Crippen molar-refractivity contribution in [1.29, 1.82) is 0 Å². The van der Waals surface area contributed by atoms with Gasteiger partial charge < -0.3 is 0 Å². The highest BCUT2D eigenvalue weighted by atomic mass is 35.5. The van der Waals surface area contributed by atoms with Gasteiger partial charge in [0.1, 0.15) is 17.7 Å². The fraction of sp³-hybridized carbons (Fsp3) is 0.0909. The summed E-state index contributed by atoms with van der Waals surface area (Å²) in [5, 5.41) is 0.494. The summed E-state index contributed by atoms with van der Waals surface area (Å²) in [5.74, 6) is -0.681. The van der Waals surface area contributed by atoms with Crippen LogP contribution in [0.5, 0.6) is 0 Å². The van der Waals surface area contributed by atoms with Crippen LogP contribution < -0.4 is 0 Å². The Morgan fingerprint density at radius 3 is 2.23 bits per heavy atom. The molecular formula is C22H16ClFN2O3S. The molecule has 0 aliphatic carbocycles. The molecule has 1 aliphatic rings. The molecule has 30 heavy (non-hydrogen) atoms. The van der Waals surface area contributed by atoms with Gasteiger partial charge in [0.05, 0.1) is 11.4 Å². The summed E-state index contributed by atoms with van der Waals surface area (Å²) in [6.45, 7) is -0.147. The lowest BCUT2D eigenvalue weighted by molar-refractivity contribution is 0.0964. The molecule has 3 aromatic rings. The Bertz CT molecular complexity index is 1210. The summed E-state index contributed by atoms with van der Waals surface area (Å²) in [4.78, 5) is 17.5. The molecule has 0 radical (unpaired) electrons. The van der Waals surface area contributed by atoms with E-state index in [1.165, 1.54) is 36.4 Å². The first-order valence-corrected chi connectivity index (χ1v) is 10.9. The maximum atomic E-state index is 13.3. The van der Waals surface area contributed by atoms with Crippen LogP contribution in [0, 0.1) is 5.82 Å². The van der Waals surface area contributed by atoms with E-state index >= 15 is 0 Å². The summed E-state index contributed by atoms with van der Waals surface area (Å²) in [6.07, 6.45) is 0. The van der Waals surface area contributed by atoms with Gasteiger partial charge in [0.2, 0.25) is 0 Å². The SMILES string of the molecule is O=C(c1ccc(F)cc1)C1CN(S(=O)(=O)c2ccccc2)C(c2ccc(Cl)cc2)=N1. The monoisotopic (exact) mass is 442 g/mol. The van der Waals surface area contributed by atoms with Gasteiger partial charge in [-0.25, -0.2) is 17.1 Å². The lowest BCUT2D eigenvalue weighted by atomic mass is 10.1. The first kappa shape index (κ1) is 20.3. The summed E-state index contributed by atoms with van der Waals surface area (Å²) in [5.41, 5.74) is 0.785. The van der Waals surface area contributed by atoms with E-state index in [1.54, 1.807) is 42.5 Å². The highest BCUT2D eigenvalue weighted by Crippen LogP contribution is 2.26. The second-order valence-electron chi connectivity index (χ2n) is 6.70. The molecule has 4 rings (SSSR count). The van der Waals surface area contributed by atoms with Crippen molar-refractivity contribution in [3.05, 3.63) is 101 Å². The number of sulfonamides is 1. The minimum atomic E-state index is -3.94. The second-order valence-corrected chi connectivity index (χ2v) is 8.99. The van der Waals surface area contributed by atoms with Gasteiger partial charge >= 0.3 is 0 Å². The summed E-state index contributed by atoms with van der Waals surface area (Å²) >= 11 is 5.96. The number of hydrogen-bond donors (Lipinski definition) is 0. The molecule has 0 spiro atoms. The van der Waals surface area contributed by atoms with E-state index in [-0.39, 0.29) is 28.6 Å². The number of hydrogen-bond acceptors (Lipinski definition) is 4. The average molecular weight is 443 g/mol.